The van der Waals surface area contributed by atoms with E-state index in [1.165, 1.54) is 16.9 Å². The standard InChI is InChI=1S/C10H11ClN2S2/c1-7(8-2-3-14-6-8)12-5-10-13-4-9(11)15-10/h2-4,6-7,12H,5H2,1H3. The maximum Gasteiger partial charge on any atom is 0.113 e. The van der Waals surface area contributed by atoms with E-state index in [0.29, 0.717) is 6.04 Å². The number of nitrogens with zero attached hydrogens (tertiary/aromatic N) is 1. The molecule has 2 aromatic heterocycles. The zero-order valence-electron chi connectivity index (χ0n) is 8.24. The summed E-state index contributed by atoms with van der Waals surface area (Å²) in [5.74, 6) is 0. The monoisotopic (exact) mass is 258 g/mol. The van der Waals surface area contributed by atoms with Crippen molar-refractivity contribution >= 4 is 34.3 Å². The van der Waals surface area contributed by atoms with Crippen LogP contribution >= 0.6 is 34.3 Å². The van der Waals surface area contributed by atoms with Crippen molar-refractivity contribution in [1.29, 1.82) is 0 Å². The van der Waals surface area contributed by atoms with E-state index in [0.717, 1.165) is 15.9 Å². The average Bonchev–Trinajstić information content (AvgIpc) is 2.84. The fraction of sp³-hybridized carbons (Fsp3) is 0.300. The van der Waals surface area contributed by atoms with Crippen LogP contribution in [0.3, 0.4) is 0 Å². The Morgan fingerprint density at radius 1 is 1.60 bits per heavy atom. The van der Waals surface area contributed by atoms with Crippen molar-refractivity contribution in [3.8, 4) is 0 Å². The Hall–Kier alpha value is -0.420. The third kappa shape index (κ3) is 3.01. The number of halogens is 1. The first-order valence-corrected chi connectivity index (χ1v) is 6.75. The average molecular weight is 259 g/mol. The predicted octanol–water partition coefficient (Wildman–Crippen LogP) is 3.71. The highest BCUT2D eigenvalue weighted by molar-refractivity contribution is 7.15. The number of hydrogen-bond acceptors (Lipinski definition) is 4. The summed E-state index contributed by atoms with van der Waals surface area (Å²) in [6, 6.07) is 2.50. The smallest absolute Gasteiger partial charge is 0.113 e. The molecule has 80 valence electrons. The lowest BCUT2D eigenvalue weighted by Crippen LogP contribution is -2.17. The van der Waals surface area contributed by atoms with Gasteiger partial charge in [0.25, 0.3) is 0 Å². The molecule has 0 fully saturated rings. The van der Waals surface area contributed by atoms with Crippen LogP contribution in [0.5, 0.6) is 0 Å². The Morgan fingerprint density at radius 3 is 3.07 bits per heavy atom. The Balaban J connectivity index is 1.88. The molecule has 2 heterocycles. The van der Waals surface area contributed by atoms with Crippen molar-refractivity contribution in [3.05, 3.63) is 37.9 Å². The molecule has 0 spiro atoms. The molecule has 15 heavy (non-hydrogen) atoms. The first kappa shape index (κ1) is 11.1. The van der Waals surface area contributed by atoms with E-state index in [1.54, 1.807) is 17.5 Å². The Morgan fingerprint density at radius 2 is 2.47 bits per heavy atom. The summed E-state index contributed by atoms with van der Waals surface area (Å²) in [4.78, 5) is 4.20. The number of aromatic nitrogens is 1. The molecule has 0 amide bonds. The molecule has 2 nitrogen and oxygen atoms in total. The van der Waals surface area contributed by atoms with Gasteiger partial charge in [-0.3, -0.25) is 0 Å². The zero-order chi connectivity index (χ0) is 10.7. The van der Waals surface area contributed by atoms with Gasteiger partial charge in [0.05, 0.1) is 6.20 Å². The highest BCUT2D eigenvalue weighted by Crippen LogP contribution is 2.20. The van der Waals surface area contributed by atoms with Crippen LogP contribution in [0.1, 0.15) is 23.5 Å². The summed E-state index contributed by atoms with van der Waals surface area (Å²) in [6.07, 6.45) is 1.69. The number of rotatable bonds is 4. The second kappa shape index (κ2) is 5.07. The molecule has 1 N–H and O–H groups in total. The number of thiophene rings is 1. The van der Waals surface area contributed by atoms with Gasteiger partial charge in [-0.15, -0.1) is 11.3 Å². The van der Waals surface area contributed by atoms with Crippen LogP contribution in [0, 0.1) is 0 Å². The van der Waals surface area contributed by atoms with Crippen molar-refractivity contribution < 1.29 is 0 Å². The summed E-state index contributed by atoms with van der Waals surface area (Å²) in [5, 5.41) is 8.69. The fourth-order valence-corrected chi connectivity index (χ4v) is 2.91. The molecule has 0 radical (unpaired) electrons. The van der Waals surface area contributed by atoms with Crippen molar-refractivity contribution in [2.75, 3.05) is 0 Å². The number of thiazole rings is 1. The molecule has 5 heteroatoms. The van der Waals surface area contributed by atoms with Crippen molar-refractivity contribution in [2.45, 2.75) is 19.5 Å². The lowest BCUT2D eigenvalue weighted by Gasteiger charge is -2.10. The van der Waals surface area contributed by atoms with Gasteiger partial charge in [0.15, 0.2) is 0 Å². The van der Waals surface area contributed by atoms with Crippen LogP contribution in [0.25, 0.3) is 0 Å². The van der Waals surface area contributed by atoms with E-state index in [-0.39, 0.29) is 0 Å². The Kier molecular flexibility index (Phi) is 3.75. The molecular formula is C10H11ClN2S2. The lowest BCUT2D eigenvalue weighted by atomic mass is 10.2. The number of hydrogen-bond donors (Lipinski definition) is 1. The Labute approximate surface area is 102 Å². The van der Waals surface area contributed by atoms with Crippen LogP contribution in [0.2, 0.25) is 4.34 Å². The molecular weight excluding hydrogens is 248 g/mol. The highest BCUT2D eigenvalue weighted by atomic mass is 35.5. The SMILES string of the molecule is CC(NCc1ncc(Cl)s1)c1ccsc1. The predicted molar refractivity (Wildman–Crippen MR) is 66.7 cm³/mol. The molecule has 0 bridgehead atoms. The van der Waals surface area contributed by atoms with Crippen LogP contribution in [0.4, 0.5) is 0 Å². The summed E-state index contributed by atoms with van der Waals surface area (Å²) in [6.45, 7) is 2.92. The molecule has 0 aliphatic heterocycles. The molecule has 1 atom stereocenters. The second-order valence-electron chi connectivity index (χ2n) is 3.22. The first-order valence-electron chi connectivity index (χ1n) is 4.61. The van der Waals surface area contributed by atoms with E-state index in [9.17, 15) is 0 Å². The van der Waals surface area contributed by atoms with Crippen LogP contribution in [-0.4, -0.2) is 4.98 Å². The summed E-state index contributed by atoms with van der Waals surface area (Å²) in [5.41, 5.74) is 1.32. The summed E-state index contributed by atoms with van der Waals surface area (Å²) < 4.78 is 0.745. The van der Waals surface area contributed by atoms with E-state index >= 15 is 0 Å². The Bertz CT molecular complexity index is 411. The molecule has 0 saturated heterocycles. The second-order valence-corrected chi connectivity index (χ2v) is 5.74. The van der Waals surface area contributed by atoms with Crippen molar-refractivity contribution in [1.82, 2.24) is 10.3 Å². The van der Waals surface area contributed by atoms with Gasteiger partial charge < -0.3 is 5.32 Å². The van der Waals surface area contributed by atoms with Gasteiger partial charge in [-0.2, -0.15) is 11.3 Å². The fourth-order valence-electron chi connectivity index (χ4n) is 1.25. The van der Waals surface area contributed by atoms with Gasteiger partial charge in [0.1, 0.15) is 9.34 Å². The third-order valence-electron chi connectivity index (χ3n) is 2.13. The van der Waals surface area contributed by atoms with Gasteiger partial charge in [-0.25, -0.2) is 4.98 Å². The normalized spacial score (nSPS) is 12.9. The van der Waals surface area contributed by atoms with Crippen LogP contribution in [0.15, 0.2) is 23.0 Å². The molecule has 0 aromatic carbocycles. The molecule has 0 aliphatic rings. The topological polar surface area (TPSA) is 24.9 Å². The molecule has 2 aromatic rings. The van der Waals surface area contributed by atoms with Crippen molar-refractivity contribution in [2.24, 2.45) is 0 Å². The molecule has 2 rings (SSSR count). The minimum atomic E-state index is 0.360. The maximum atomic E-state index is 5.81. The summed E-state index contributed by atoms with van der Waals surface area (Å²) in [7, 11) is 0. The van der Waals surface area contributed by atoms with E-state index < -0.39 is 0 Å². The van der Waals surface area contributed by atoms with Gasteiger partial charge in [-0.1, -0.05) is 11.6 Å². The van der Waals surface area contributed by atoms with Gasteiger partial charge in [-0.05, 0) is 29.3 Å². The summed E-state index contributed by atoms with van der Waals surface area (Å²) >= 11 is 9.05. The lowest BCUT2D eigenvalue weighted by molar-refractivity contribution is 0.575. The quantitative estimate of drug-likeness (QED) is 0.904. The zero-order valence-corrected chi connectivity index (χ0v) is 10.6. The third-order valence-corrected chi connectivity index (χ3v) is 3.94. The van der Waals surface area contributed by atoms with E-state index in [4.69, 9.17) is 11.6 Å². The van der Waals surface area contributed by atoms with Gasteiger partial charge in [0, 0.05) is 12.6 Å². The number of nitrogens with one attached hydrogen (secondary N) is 1. The minimum absolute atomic E-state index is 0.360. The van der Waals surface area contributed by atoms with Gasteiger partial charge in [0.2, 0.25) is 0 Å². The van der Waals surface area contributed by atoms with Crippen molar-refractivity contribution in [3.63, 3.8) is 0 Å². The molecule has 1 unspecified atom stereocenters. The highest BCUT2D eigenvalue weighted by Gasteiger charge is 2.06. The van der Waals surface area contributed by atoms with E-state index in [2.05, 4.69) is 34.1 Å². The minimum Gasteiger partial charge on any atom is -0.304 e. The molecule has 0 saturated carbocycles. The maximum absolute atomic E-state index is 5.81. The van der Waals surface area contributed by atoms with Crippen LogP contribution in [-0.2, 0) is 6.54 Å². The van der Waals surface area contributed by atoms with E-state index in [1.807, 2.05) is 0 Å². The largest absolute Gasteiger partial charge is 0.304 e. The van der Waals surface area contributed by atoms with Gasteiger partial charge >= 0.3 is 0 Å². The first-order chi connectivity index (χ1) is 7.25. The van der Waals surface area contributed by atoms with Crippen LogP contribution < -0.4 is 5.32 Å². The molecule has 0 aliphatic carbocycles.